The molecule has 1 aromatic heterocycles. The second kappa shape index (κ2) is 6.13. The Bertz CT molecular complexity index is 630. The second-order valence-electron chi connectivity index (χ2n) is 3.78. The lowest BCUT2D eigenvalue weighted by molar-refractivity contribution is 0.0951. The fourth-order valence-electron chi connectivity index (χ4n) is 1.48. The molecule has 19 heavy (non-hydrogen) atoms. The fraction of sp³-hybridized carbons (Fsp3) is 0.0833. The summed E-state index contributed by atoms with van der Waals surface area (Å²) in [6.07, 6.45) is 0. The predicted molar refractivity (Wildman–Crippen MR) is 84.1 cm³/mol. The van der Waals surface area contributed by atoms with Crippen LogP contribution >= 0.6 is 50.5 Å². The number of amides is 1. The van der Waals surface area contributed by atoms with Crippen molar-refractivity contribution in [1.29, 1.82) is 0 Å². The van der Waals surface area contributed by atoms with Crippen molar-refractivity contribution in [3.63, 3.8) is 0 Å². The Morgan fingerprint density at radius 3 is 2.74 bits per heavy atom. The molecular formula is C12H9BrCl2N2OS. The van der Waals surface area contributed by atoms with Gasteiger partial charge in [-0.1, -0.05) is 23.2 Å². The highest BCUT2D eigenvalue weighted by molar-refractivity contribution is 9.10. The van der Waals surface area contributed by atoms with Gasteiger partial charge < -0.3 is 11.1 Å². The van der Waals surface area contributed by atoms with Gasteiger partial charge in [-0.15, -0.1) is 11.3 Å². The molecule has 2 rings (SSSR count). The van der Waals surface area contributed by atoms with E-state index >= 15 is 0 Å². The molecule has 0 spiro atoms. The molecule has 0 atom stereocenters. The molecule has 1 amide bonds. The Hall–Kier alpha value is -0.750. The van der Waals surface area contributed by atoms with Gasteiger partial charge in [0.2, 0.25) is 0 Å². The van der Waals surface area contributed by atoms with Gasteiger partial charge in [0.1, 0.15) is 0 Å². The number of hydrogen-bond acceptors (Lipinski definition) is 3. The van der Waals surface area contributed by atoms with Crippen LogP contribution in [0.4, 0.5) is 5.69 Å². The first-order valence-electron chi connectivity index (χ1n) is 5.23. The van der Waals surface area contributed by atoms with Crippen LogP contribution in [0.2, 0.25) is 10.0 Å². The van der Waals surface area contributed by atoms with Gasteiger partial charge in [0.25, 0.3) is 5.91 Å². The normalized spacial score (nSPS) is 10.5. The Balaban J connectivity index is 2.12. The summed E-state index contributed by atoms with van der Waals surface area (Å²) >= 11 is 16.8. The third-order valence-corrected chi connectivity index (χ3v) is 4.84. The molecule has 3 N–H and O–H groups in total. The number of nitrogen functional groups attached to an aromatic ring is 1. The van der Waals surface area contributed by atoms with E-state index in [9.17, 15) is 4.79 Å². The molecule has 0 aliphatic heterocycles. The number of rotatable bonds is 3. The van der Waals surface area contributed by atoms with Gasteiger partial charge in [0.05, 0.1) is 22.2 Å². The molecule has 1 aromatic carbocycles. The van der Waals surface area contributed by atoms with Crippen LogP contribution in [0.1, 0.15) is 15.2 Å². The zero-order valence-electron chi connectivity index (χ0n) is 9.54. The summed E-state index contributed by atoms with van der Waals surface area (Å²) in [6, 6.07) is 4.96. The Morgan fingerprint density at radius 1 is 1.37 bits per heavy atom. The van der Waals surface area contributed by atoms with Gasteiger partial charge >= 0.3 is 0 Å². The molecule has 0 bridgehead atoms. The van der Waals surface area contributed by atoms with E-state index in [0.717, 1.165) is 9.35 Å². The highest BCUT2D eigenvalue weighted by Crippen LogP contribution is 2.28. The van der Waals surface area contributed by atoms with Gasteiger partial charge in [-0.25, -0.2) is 0 Å². The second-order valence-corrected chi connectivity index (χ2v) is 6.47. The molecule has 0 radical (unpaired) electrons. The summed E-state index contributed by atoms with van der Waals surface area (Å²) in [5.41, 5.74) is 6.33. The molecule has 1 heterocycles. The van der Waals surface area contributed by atoms with E-state index in [2.05, 4.69) is 21.2 Å². The Morgan fingerprint density at radius 2 is 2.11 bits per heavy atom. The van der Waals surface area contributed by atoms with Crippen LogP contribution in [-0.4, -0.2) is 5.91 Å². The van der Waals surface area contributed by atoms with E-state index in [1.165, 1.54) is 12.1 Å². The fourth-order valence-corrected chi connectivity index (χ4v) is 3.30. The number of nitrogens with two attached hydrogens (primary N) is 1. The average molecular weight is 380 g/mol. The van der Waals surface area contributed by atoms with E-state index in [4.69, 9.17) is 28.9 Å². The zero-order valence-corrected chi connectivity index (χ0v) is 13.5. The summed E-state index contributed by atoms with van der Waals surface area (Å²) in [7, 11) is 0. The van der Waals surface area contributed by atoms with Crippen molar-refractivity contribution in [3.8, 4) is 0 Å². The lowest BCUT2D eigenvalue weighted by Gasteiger charge is -2.08. The van der Waals surface area contributed by atoms with Crippen molar-refractivity contribution in [3.05, 3.63) is 48.5 Å². The van der Waals surface area contributed by atoms with Crippen molar-refractivity contribution in [2.45, 2.75) is 6.54 Å². The van der Waals surface area contributed by atoms with Gasteiger partial charge in [-0.05, 0) is 34.1 Å². The maximum atomic E-state index is 12.0. The topological polar surface area (TPSA) is 55.1 Å². The molecule has 0 fully saturated rings. The zero-order chi connectivity index (χ0) is 14.0. The van der Waals surface area contributed by atoms with Crippen molar-refractivity contribution >= 4 is 62.1 Å². The monoisotopic (exact) mass is 378 g/mol. The smallest absolute Gasteiger partial charge is 0.253 e. The lowest BCUT2D eigenvalue weighted by Crippen LogP contribution is -2.22. The van der Waals surface area contributed by atoms with Crippen LogP contribution in [0.15, 0.2) is 28.1 Å². The molecule has 0 unspecified atom stereocenters. The first kappa shape index (κ1) is 14.7. The number of carbonyl (C=O) groups is 1. The number of halogens is 3. The van der Waals surface area contributed by atoms with Gasteiger partial charge in [0.15, 0.2) is 0 Å². The average Bonchev–Trinajstić information content (AvgIpc) is 2.76. The highest BCUT2D eigenvalue weighted by Gasteiger charge is 2.14. The number of carbonyl (C=O) groups excluding carboxylic acids is 1. The number of thiophene rings is 1. The van der Waals surface area contributed by atoms with Crippen molar-refractivity contribution in [2.75, 3.05) is 5.73 Å². The largest absolute Gasteiger partial charge is 0.399 e. The molecule has 100 valence electrons. The van der Waals surface area contributed by atoms with E-state index < -0.39 is 0 Å². The third kappa shape index (κ3) is 3.63. The number of nitrogens with one attached hydrogen (secondary N) is 1. The molecule has 0 aliphatic carbocycles. The van der Waals surface area contributed by atoms with E-state index in [1.807, 2.05) is 11.4 Å². The summed E-state index contributed by atoms with van der Waals surface area (Å²) in [4.78, 5) is 13.1. The maximum Gasteiger partial charge on any atom is 0.253 e. The molecular weight excluding hydrogens is 371 g/mol. The highest BCUT2D eigenvalue weighted by atomic mass is 79.9. The summed E-state index contributed by atoms with van der Waals surface area (Å²) in [6.45, 7) is 0.428. The van der Waals surface area contributed by atoms with Crippen LogP contribution in [0, 0.1) is 0 Å². The number of hydrogen-bond donors (Lipinski definition) is 2. The van der Waals surface area contributed by atoms with Crippen molar-refractivity contribution in [2.24, 2.45) is 0 Å². The Labute approximate surface area is 132 Å². The Kier molecular flexibility index (Phi) is 4.73. The first-order valence-corrected chi connectivity index (χ1v) is 7.66. The summed E-state index contributed by atoms with van der Waals surface area (Å²) < 4.78 is 0.992. The van der Waals surface area contributed by atoms with Crippen LogP contribution in [0.25, 0.3) is 0 Å². The van der Waals surface area contributed by atoms with Gasteiger partial charge in [-0.2, -0.15) is 0 Å². The van der Waals surface area contributed by atoms with Crippen LogP contribution in [0.3, 0.4) is 0 Å². The minimum absolute atomic E-state index is 0.209. The summed E-state index contributed by atoms with van der Waals surface area (Å²) in [5, 5.41) is 5.20. The van der Waals surface area contributed by atoms with Crippen molar-refractivity contribution in [1.82, 2.24) is 5.32 Å². The lowest BCUT2D eigenvalue weighted by atomic mass is 10.2. The predicted octanol–water partition coefficient (Wildman–Crippen LogP) is 4.33. The molecule has 0 aliphatic rings. The molecule has 0 saturated heterocycles. The minimum atomic E-state index is -0.302. The maximum absolute atomic E-state index is 12.0. The minimum Gasteiger partial charge on any atom is -0.399 e. The molecule has 7 heteroatoms. The molecule has 0 saturated carbocycles. The van der Waals surface area contributed by atoms with Gasteiger partial charge in [0, 0.05) is 20.4 Å². The quantitative estimate of drug-likeness (QED) is 0.779. The van der Waals surface area contributed by atoms with E-state index in [1.54, 1.807) is 11.3 Å². The van der Waals surface area contributed by atoms with Crippen molar-refractivity contribution < 1.29 is 4.79 Å². The number of anilines is 1. The molecule has 2 aromatic rings. The van der Waals surface area contributed by atoms with Crippen LogP contribution in [0.5, 0.6) is 0 Å². The van der Waals surface area contributed by atoms with Gasteiger partial charge in [-0.3, -0.25) is 4.79 Å². The third-order valence-electron chi connectivity index (χ3n) is 2.34. The van der Waals surface area contributed by atoms with Crippen LogP contribution < -0.4 is 11.1 Å². The van der Waals surface area contributed by atoms with Crippen LogP contribution in [-0.2, 0) is 6.54 Å². The SMILES string of the molecule is Nc1cc(Cl)c(Cl)c(C(=O)NCc2cc(Br)cs2)c1. The first-order chi connectivity index (χ1) is 8.97. The molecule has 3 nitrogen and oxygen atoms in total. The standard InChI is InChI=1S/C12H9BrCl2N2OS/c13-6-1-8(19-5-6)4-17-12(18)9-2-7(16)3-10(14)11(9)15/h1-3,5H,4,16H2,(H,17,18). The summed E-state index contributed by atoms with van der Waals surface area (Å²) in [5.74, 6) is -0.302. The van der Waals surface area contributed by atoms with E-state index in [-0.39, 0.29) is 21.5 Å². The van der Waals surface area contributed by atoms with E-state index in [0.29, 0.717) is 12.2 Å². The number of benzene rings is 1.